The third-order valence-corrected chi connectivity index (χ3v) is 6.53. The summed E-state index contributed by atoms with van der Waals surface area (Å²) in [6, 6.07) is 25.6. The fraction of sp³-hybridized carbons (Fsp3) is 0.296. The molecule has 3 aromatic carbocycles. The molecule has 1 atom stereocenters. The smallest absolute Gasteiger partial charge is 0.194 e. The molecule has 33 heavy (non-hydrogen) atoms. The lowest BCUT2D eigenvalue weighted by Crippen LogP contribution is -2.35. The van der Waals surface area contributed by atoms with Crippen LogP contribution in [0.4, 0.5) is 0 Å². The van der Waals surface area contributed by atoms with E-state index in [-0.39, 0.29) is 24.2 Å². The van der Waals surface area contributed by atoms with Gasteiger partial charge in [0.15, 0.2) is 5.12 Å². The van der Waals surface area contributed by atoms with Crippen LogP contribution in [-0.4, -0.2) is 43.4 Å². The number of benzene rings is 3. The summed E-state index contributed by atoms with van der Waals surface area (Å²) >= 11 is 1.13. The molecule has 1 N–H and O–H groups in total. The number of carbonyl (C=O) groups is 1. The zero-order chi connectivity index (χ0) is 23.7. The number of ether oxygens (including phenoxy) is 3. The van der Waals surface area contributed by atoms with Gasteiger partial charge in [-0.1, -0.05) is 73.3 Å². The van der Waals surface area contributed by atoms with Crippen molar-refractivity contribution < 1.29 is 24.1 Å². The Morgan fingerprint density at radius 1 is 0.848 bits per heavy atom. The fourth-order valence-electron chi connectivity index (χ4n) is 3.68. The average molecular weight is 467 g/mol. The lowest BCUT2D eigenvalue weighted by molar-refractivity contribution is -0.117. The first-order valence-electron chi connectivity index (χ1n) is 10.8. The minimum absolute atomic E-state index is 0.00419. The predicted octanol–water partition coefficient (Wildman–Crippen LogP) is 4.90. The van der Waals surface area contributed by atoms with Crippen LogP contribution in [0.25, 0.3) is 0 Å². The summed E-state index contributed by atoms with van der Waals surface area (Å²) in [5, 5.41) is 9.06. The number of aliphatic hydroxyl groups excluding tert-OH is 1. The van der Waals surface area contributed by atoms with E-state index in [2.05, 4.69) is 0 Å². The molecule has 0 bridgehead atoms. The molecule has 6 heteroatoms. The SMILES string of the molecule is COc1ccc(C(OCC(C)C(=O)SCCO)(c2ccccc2)c2ccc(OC)cc2)cc1. The molecule has 0 aliphatic rings. The van der Waals surface area contributed by atoms with Gasteiger partial charge >= 0.3 is 0 Å². The first kappa shape index (κ1) is 24.8. The maximum absolute atomic E-state index is 12.5. The summed E-state index contributed by atoms with van der Waals surface area (Å²) in [6.07, 6.45) is 0. The highest BCUT2D eigenvalue weighted by atomic mass is 32.2. The van der Waals surface area contributed by atoms with Gasteiger partial charge < -0.3 is 19.3 Å². The molecule has 0 saturated heterocycles. The van der Waals surface area contributed by atoms with Crippen LogP contribution in [0.15, 0.2) is 78.9 Å². The molecule has 3 rings (SSSR count). The minimum atomic E-state index is -0.948. The largest absolute Gasteiger partial charge is 0.497 e. The predicted molar refractivity (Wildman–Crippen MR) is 132 cm³/mol. The molecule has 174 valence electrons. The van der Waals surface area contributed by atoms with Gasteiger partial charge in [-0.3, -0.25) is 4.79 Å². The number of hydrogen-bond donors (Lipinski definition) is 1. The van der Waals surface area contributed by atoms with E-state index in [0.29, 0.717) is 5.75 Å². The van der Waals surface area contributed by atoms with Gasteiger partial charge in [0.1, 0.15) is 17.1 Å². The van der Waals surface area contributed by atoms with Crippen molar-refractivity contribution in [3.63, 3.8) is 0 Å². The molecule has 0 aromatic heterocycles. The standard InChI is InChI=1S/C27H30O5S/c1-20(26(29)33-18-17-28)19-32-27(21-7-5-4-6-8-21,22-9-13-24(30-2)14-10-22)23-11-15-25(31-3)16-12-23/h4-16,20,28H,17-19H2,1-3H3. The molecule has 0 aliphatic carbocycles. The van der Waals surface area contributed by atoms with E-state index in [1.165, 1.54) is 0 Å². The summed E-state index contributed by atoms with van der Waals surface area (Å²) in [7, 11) is 3.27. The second-order valence-electron chi connectivity index (χ2n) is 7.61. The van der Waals surface area contributed by atoms with E-state index in [9.17, 15) is 4.79 Å². The zero-order valence-electron chi connectivity index (χ0n) is 19.2. The van der Waals surface area contributed by atoms with Crippen molar-refractivity contribution in [2.24, 2.45) is 5.92 Å². The summed E-state index contributed by atoms with van der Waals surface area (Å²) in [4.78, 5) is 12.5. The molecule has 3 aromatic rings. The first-order chi connectivity index (χ1) is 16.0. The fourth-order valence-corrected chi connectivity index (χ4v) is 4.33. The molecule has 0 heterocycles. The maximum Gasteiger partial charge on any atom is 0.194 e. The molecule has 0 amide bonds. The summed E-state index contributed by atoms with van der Waals surface area (Å²) in [5.74, 6) is 1.53. The van der Waals surface area contributed by atoms with E-state index in [4.69, 9.17) is 19.3 Å². The van der Waals surface area contributed by atoms with Crippen LogP contribution in [0, 0.1) is 5.92 Å². The Morgan fingerprint density at radius 3 is 1.79 bits per heavy atom. The average Bonchev–Trinajstić information content (AvgIpc) is 2.88. The lowest BCUT2D eigenvalue weighted by atomic mass is 9.80. The second-order valence-corrected chi connectivity index (χ2v) is 8.71. The van der Waals surface area contributed by atoms with Gasteiger partial charge in [0.2, 0.25) is 0 Å². The van der Waals surface area contributed by atoms with Crippen molar-refractivity contribution in [1.29, 1.82) is 0 Å². The number of methoxy groups -OCH3 is 2. The highest BCUT2D eigenvalue weighted by molar-refractivity contribution is 8.13. The van der Waals surface area contributed by atoms with Crippen LogP contribution in [0.5, 0.6) is 11.5 Å². The van der Waals surface area contributed by atoms with Crippen molar-refractivity contribution in [3.05, 3.63) is 95.6 Å². The highest BCUT2D eigenvalue weighted by Crippen LogP contribution is 2.42. The van der Waals surface area contributed by atoms with Crippen LogP contribution < -0.4 is 9.47 Å². The van der Waals surface area contributed by atoms with Crippen molar-refractivity contribution in [1.82, 2.24) is 0 Å². The Labute approximate surface area is 199 Å². The molecule has 0 saturated carbocycles. The quantitative estimate of drug-likeness (QED) is 0.406. The van der Waals surface area contributed by atoms with Crippen molar-refractivity contribution >= 4 is 16.9 Å². The molecule has 5 nitrogen and oxygen atoms in total. The van der Waals surface area contributed by atoms with Gasteiger partial charge in [0.25, 0.3) is 0 Å². The Morgan fingerprint density at radius 2 is 1.33 bits per heavy atom. The maximum atomic E-state index is 12.5. The Hall–Kier alpha value is -2.80. The summed E-state index contributed by atoms with van der Waals surface area (Å²) < 4.78 is 17.5. The lowest BCUT2D eigenvalue weighted by Gasteiger charge is -2.36. The van der Waals surface area contributed by atoms with Gasteiger partial charge in [-0.2, -0.15) is 0 Å². The van der Waals surface area contributed by atoms with Crippen molar-refractivity contribution in [3.8, 4) is 11.5 Å². The van der Waals surface area contributed by atoms with E-state index >= 15 is 0 Å². The zero-order valence-corrected chi connectivity index (χ0v) is 20.0. The Kier molecular flexibility index (Phi) is 8.95. The monoisotopic (exact) mass is 466 g/mol. The van der Waals surface area contributed by atoms with Crippen LogP contribution in [0.2, 0.25) is 0 Å². The van der Waals surface area contributed by atoms with E-state index in [0.717, 1.165) is 40.0 Å². The van der Waals surface area contributed by atoms with Crippen LogP contribution in [0.1, 0.15) is 23.6 Å². The molecule has 0 radical (unpaired) electrons. The molecule has 1 unspecified atom stereocenters. The topological polar surface area (TPSA) is 65.0 Å². The van der Waals surface area contributed by atoms with Gasteiger partial charge in [-0.05, 0) is 41.0 Å². The van der Waals surface area contributed by atoms with Crippen LogP contribution in [0.3, 0.4) is 0 Å². The molecular formula is C27H30O5S. The summed E-state index contributed by atoms with van der Waals surface area (Å²) in [5.41, 5.74) is 1.84. The molecule has 0 spiro atoms. The Bertz CT molecular complexity index is 955. The minimum Gasteiger partial charge on any atom is -0.497 e. The van der Waals surface area contributed by atoms with Gasteiger partial charge in [0.05, 0.1) is 27.4 Å². The van der Waals surface area contributed by atoms with Crippen molar-refractivity contribution in [2.45, 2.75) is 12.5 Å². The number of carbonyl (C=O) groups excluding carboxylic acids is 1. The highest BCUT2D eigenvalue weighted by Gasteiger charge is 2.38. The second kappa shape index (κ2) is 11.9. The van der Waals surface area contributed by atoms with Crippen LogP contribution >= 0.6 is 11.8 Å². The van der Waals surface area contributed by atoms with Gasteiger partial charge in [-0.15, -0.1) is 0 Å². The van der Waals surface area contributed by atoms with Crippen LogP contribution in [-0.2, 0) is 15.1 Å². The third-order valence-electron chi connectivity index (χ3n) is 5.46. The number of aliphatic hydroxyl groups is 1. The van der Waals surface area contributed by atoms with E-state index in [1.54, 1.807) is 14.2 Å². The summed E-state index contributed by atoms with van der Waals surface area (Å²) in [6.45, 7) is 2.03. The van der Waals surface area contributed by atoms with E-state index < -0.39 is 5.60 Å². The third kappa shape index (κ3) is 5.77. The van der Waals surface area contributed by atoms with E-state index in [1.807, 2.05) is 85.8 Å². The molecule has 0 aliphatic heterocycles. The number of thioether (sulfide) groups is 1. The Balaban J connectivity index is 2.11. The number of hydrogen-bond acceptors (Lipinski definition) is 6. The van der Waals surface area contributed by atoms with Crippen molar-refractivity contribution in [2.75, 3.05) is 33.2 Å². The first-order valence-corrected chi connectivity index (χ1v) is 11.8. The van der Waals surface area contributed by atoms with Gasteiger partial charge in [-0.25, -0.2) is 0 Å². The normalized spacial score (nSPS) is 12.2. The van der Waals surface area contributed by atoms with Gasteiger partial charge in [0, 0.05) is 11.7 Å². The molecular weight excluding hydrogens is 436 g/mol. The number of rotatable bonds is 11. The molecule has 0 fully saturated rings.